The van der Waals surface area contributed by atoms with Gasteiger partial charge in [0.25, 0.3) is 5.56 Å². The number of nitrogens with zero attached hydrogens (tertiary/aromatic N) is 2. The number of benzene rings is 2. The first-order chi connectivity index (χ1) is 11.1. The SMILES string of the molecule is CSc1nc(-c2cccc(Cl)c2)cc(=O)n1-c1ccc(Cl)cc1. The van der Waals surface area contributed by atoms with Crippen LogP contribution in [0.3, 0.4) is 0 Å². The Morgan fingerprint density at radius 1 is 1.00 bits per heavy atom. The predicted octanol–water partition coefficient (Wildman–Crippen LogP) is 4.93. The van der Waals surface area contributed by atoms with Gasteiger partial charge in [0.05, 0.1) is 11.4 Å². The summed E-state index contributed by atoms with van der Waals surface area (Å²) in [5, 5.41) is 1.84. The van der Waals surface area contributed by atoms with Crippen LogP contribution in [0, 0.1) is 0 Å². The summed E-state index contributed by atoms with van der Waals surface area (Å²) in [4.78, 5) is 17.2. The molecule has 0 N–H and O–H groups in total. The molecule has 6 heteroatoms. The number of hydrogen-bond acceptors (Lipinski definition) is 3. The van der Waals surface area contributed by atoms with E-state index in [0.29, 0.717) is 20.9 Å². The molecule has 0 saturated heterocycles. The van der Waals surface area contributed by atoms with E-state index in [9.17, 15) is 4.79 Å². The summed E-state index contributed by atoms with van der Waals surface area (Å²) in [7, 11) is 0. The molecular formula is C17H12Cl2N2OS. The van der Waals surface area contributed by atoms with Crippen LogP contribution < -0.4 is 5.56 Å². The number of aromatic nitrogens is 2. The van der Waals surface area contributed by atoms with E-state index < -0.39 is 0 Å². The zero-order valence-corrected chi connectivity index (χ0v) is 14.5. The van der Waals surface area contributed by atoms with E-state index >= 15 is 0 Å². The van der Waals surface area contributed by atoms with Crippen LogP contribution in [0.15, 0.2) is 64.5 Å². The molecule has 0 saturated carbocycles. The monoisotopic (exact) mass is 362 g/mol. The summed E-state index contributed by atoms with van der Waals surface area (Å²) in [6.45, 7) is 0. The summed E-state index contributed by atoms with van der Waals surface area (Å²) >= 11 is 13.3. The molecule has 0 aliphatic rings. The first-order valence-electron chi connectivity index (χ1n) is 6.78. The molecule has 2 aromatic carbocycles. The van der Waals surface area contributed by atoms with Crippen molar-refractivity contribution < 1.29 is 0 Å². The highest BCUT2D eigenvalue weighted by molar-refractivity contribution is 7.98. The first kappa shape index (κ1) is 16.1. The maximum atomic E-state index is 12.6. The van der Waals surface area contributed by atoms with Crippen LogP contribution in [0.1, 0.15) is 0 Å². The Kier molecular flexibility index (Phi) is 4.76. The third-order valence-corrected chi connectivity index (χ3v) is 4.40. The molecule has 0 amide bonds. The van der Waals surface area contributed by atoms with E-state index in [-0.39, 0.29) is 5.56 Å². The Balaban J connectivity index is 2.17. The Morgan fingerprint density at radius 2 is 1.74 bits per heavy atom. The van der Waals surface area contributed by atoms with Gasteiger partial charge in [0.2, 0.25) is 0 Å². The highest BCUT2D eigenvalue weighted by atomic mass is 35.5. The van der Waals surface area contributed by atoms with Gasteiger partial charge >= 0.3 is 0 Å². The van der Waals surface area contributed by atoms with Crippen LogP contribution in [-0.4, -0.2) is 15.8 Å². The van der Waals surface area contributed by atoms with Crippen molar-refractivity contribution in [1.29, 1.82) is 0 Å². The highest BCUT2D eigenvalue weighted by Crippen LogP contribution is 2.24. The van der Waals surface area contributed by atoms with E-state index in [2.05, 4.69) is 4.98 Å². The van der Waals surface area contributed by atoms with Gasteiger partial charge in [0, 0.05) is 21.7 Å². The predicted molar refractivity (Wildman–Crippen MR) is 97.1 cm³/mol. The van der Waals surface area contributed by atoms with Gasteiger partial charge in [-0.25, -0.2) is 4.98 Å². The van der Waals surface area contributed by atoms with E-state index in [1.54, 1.807) is 41.0 Å². The standard InChI is InChI=1S/C17H12Cl2N2OS/c1-23-17-20-15(11-3-2-4-13(19)9-11)10-16(22)21(17)14-7-5-12(18)6-8-14/h2-10H,1H3. The van der Waals surface area contributed by atoms with Gasteiger partial charge in [-0.1, -0.05) is 47.1 Å². The quantitative estimate of drug-likeness (QED) is 0.489. The molecule has 3 aromatic rings. The lowest BCUT2D eigenvalue weighted by atomic mass is 10.1. The van der Waals surface area contributed by atoms with Crippen molar-refractivity contribution in [1.82, 2.24) is 9.55 Å². The molecule has 3 nitrogen and oxygen atoms in total. The van der Waals surface area contributed by atoms with Crippen molar-refractivity contribution in [2.45, 2.75) is 5.16 Å². The maximum absolute atomic E-state index is 12.6. The third kappa shape index (κ3) is 3.44. The second kappa shape index (κ2) is 6.79. The fourth-order valence-corrected chi connectivity index (χ4v) is 3.11. The summed E-state index contributed by atoms with van der Waals surface area (Å²) in [5.74, 6) is 0. The average molecular weight is 363 g/mol. The fraction of sp³-hybridized carbons (Fsp3) is 0.0588. The van der Waals surface area contributed by atoms with Crippen molar-refractivity contribution in [3.63, 3.8) is 0 Å². The molecule has 116 valence electrons. The molecule has 23 heavy (non-hydrogen) atoms. The fourth-order valence-electron chi connectivity index (χ4n) is 2.22. The molecular weight excluding hydrogens is 351 g/mol. The second-order valence-corrected chi connectivity index (χ2v) is 6.43. The summed E-state index contributed by atoms with van der Waals surface area (Å²) in [5.41, 5.74) is 2.00. The minimum Gasteiger partial charge on any atom is -0.269 e. The lowest BCUT2D eigenvalue weighted by Crippen LogP contribution is -2.20. The molecule has 0 fully saturated rings. The van der Waals surface area contributed by atoms with Crippen LogP contribution >= 0.6 is 35.0 Å². The normalized spacial score (nSPS) is 10.7. The molecule has 3 rings (SSSR count). The van der Waals surface area contributed by atoms with Crippen LogP contribution in [0.5, 0.6) is 0 Å². The first-order valence-corrected chi connectivity index (χ1v) is 8.76. The van der Waals surface area contributed by atoms with Crippen molar-refractivity contribution in [3.05, 3.63) is 75.0 Å². The van der Waals surface area contributed by atoms with Gasteiger partial charge < -0.3 is 0 Å². The zero-order valence-electron chi connectivity index (χ0n) is 12.2. The van der Waals surface area contributed by atoms with Crippen LogP contribution in [0.4, 0.5) is 0 Å². The minimum atomic E-state index is -0.151. The van der Waals surface area contributed by atoms with Crippen LogP contribution in [0.25, 0.3) is 16.9 Å². The van der Waals surface area contributed by atoms with Crippen LogP contribution in [-0.2, 0) is 0 Å². The molecule has 0 atom stereocenters. The third-order valence-electron chi connectivity index (χ3n) is 3.28. The van der Waals surface area contributed by atoms with Crippen molar-refractivity contribution in [3.8, 4) is 16.9 Å². The maximum Gasteiger partial charge on any atom is 0.259 e. The highest BCUT2D eigenvalue weighted by Gasteiger charge is 2.11. The van der Waals surface area contributed by atoms with Gasteiger partial charge in [-0.2, -0.15) is 0 Å². The molecule has 0 spiro atoms. The van der Waals surface area contributed by atoms with Gasteiger partial charge in [-0.05, 0) is 42.7 Å². The number of halogens is 2. The van der Waals surface area contributed by atoms with Crippen molar-refractivity contribution >= 4 is 35.0 Å². The summed E-state index contributed by atoms with van der Waals surface area (Å²) in [6.07, 6.45) is 1.88. The van der Waals surface area contributed by atoms with E-state index in [1.165, 1.54) is 17.8 Å². The van der Waals surface area contributed by atoms with Crippen molar-refractivity contribution in [2.24, 2.45) is 0 Å². The molecule has 1 aromatic heterocycles. The lowest BCUT2D eigenvalue weighted by Gasteiger charge is -2.12. The van der Waals surface area contributed by atoms with Gasteiger partial charge in [0.1, 0.15) is 0 Å². The number of thioether (sulfide) groups is 1. The van der Waals surface area contributed by atoms with E-state index in [1.807, 2.05) is 18.4 Å². The zero-order chi connectivity index (χ0) is 16.4. The molecule has 0 aliphatic carbocycles. The van der Waals surface area contributed by atoms with Crippen LogP contribution in [0.2, 0.25) is 10.0 Å². The van der Waals surface area contributed by atoms with Gasteiger partial charge in [-0.3, -0.25) is 9.36 Å². The molecule has 0 radical (unpaired) electrons. The minimum absolute atomic E-state index is 0.151. The van der Waals surface area contributed by atoms with E-state index in [0.717, 1.165) is 11.3 Å². The average Bonchev–Trinajstić information content (AvgIpc) is 2.55. The largest absolute Gasteiger partial charge is 0.269 e. The molecule has 0 unspecified atom stereocenters. The smallest absolute Gasteiger partial charge is 0.259 e. The van der Waals surface area contributed by atoms with Gasteiger partial charge in [0.15, 0.2) is 5.16 Å². The van der Waals surface area contributed by atoms with Crippen molar-refractivity contribution in [2.75, 3.05) is 6.26 Å². The second-order valence-electron chi connectivity index (χ2n) is 4.79. The van der Waals surface area contributed by atoms with Gasteiger partial charge in [-0.15, -0.1) is 0 Å². The molecule has 1 heterocycles. The number of rotatable bonds is 3. The summed E-state index contributed by atoms with van der Waals surface area (Å²) < 4.78 is 1.56. The Hall–Kier alpha value is -1.75. The number of hydrogen-bond donors (Lipinski definition) is 0. The topological polar surface area (TPSA) is 34.9 Å². The Bertz CT molecular complexity index is 907. The lowest BCUT2D eigenvalue weighted by molar-refractivity contribution is 0.802. The summed E-state index contributed by atoms with van der Waals surface area (Å²) in [6, 6.07) is 15.9. The molecule has 0 bridgehead atoms. The Morgan fingerprint density at radius 3 is 2.39 bits per heavy atom. The molecule has 0 aliphatic heterocycles. The van der Waals surface area contributed by atoms with E-state index in [4.69, 9.17) is 23.2 Å². The Labute approximate surface area is 147 Å².